The van der Waals surface area contributed by atoms with E-state index in [0.29, 0.717) is 13.1 Å². The van der Waals surface area contributed by atoms with E-state index in [1.54, 1.807) is 17.0 Å². The zero-order chi connectivity index (χ0) is 22.7. The fourth-order valence-corrected chi connectivity index (χ4v) is 4.04. The van der Waals surface area contributed by atoms with Gasteiger partial charge in [-0.3, -0.25) is 9.59 Å². The Bertz CT molecular complexity index is 1010. The van der Waals surface area contributed by atoms with Crippen molar-refractivity contribution >= 4 is 17.8 Å². The van der Waals surface area contributed by atoms with Crippen LogP contribution in [0.4, 0.5) is 4.79 Å². The number of nitrogens with zero attached hydrogens (tertiary/aromatic N) is 2. The Morgan fingerprint density at radius 2 is 1.91 bits per heavy atom. The van der Waals surface area contributed by atoms with Crippen molar-refractivity contribution < 1.29 is 29.0 Å². The van der Waals surface area contributed by atoms with Gasteiger partial charge in [0.15, 0.2) is 11.9 Å². The lowest BCUT2D eigenvalue weighted by atomic mass is 10.0. The molecule has 1 N–H and O–H groups in total. The minimum atomic E-state index is -1.11. The number of carbonyl (C=O) groups excluding carboxylic acids is 3. The van der Waals surface area contributed by atoms with Crippen LogP contribution >= 0.6 is 0 Å². The van der Waals surface area contributed by atoms with E-state index in [9.17, 15) is 19.5 Å². The van der Waals surface area contributed by atoms with Gasteiger partial charge in [-0.2, -0.15) is 0 Å². The quantitative estimate of drug-likeness (QED) is 0.766. The van der Waals surface area contributed by atoms with Gasteiger partial charge in [-0.15, -0.1) is 0 Å². The molecule has 2 aliphatic rings. The number of aromatic hydroxyl groups is 1. The van der Waals surface area contributed by atoms with E-state index in [0.717, 1.165) is 17.5 Å². The van der Waals surface area contributed by atoms with E-state index in [2.05, 4.69) is 0 Å². The maximum absolute atomic E-state index is 13.2. The first-order chi connectivity index (χ1) is 15.4. The number of phenols is 1. The number of benzene rings is 2. The highest BCUT2D eigenvalue weighted by molar-refractivity contribution is 5.93. The number of hydrogen-bond acceptors (Lipinski definition) is 6. The number of ketones is 1. The van der Waals surface area contributed by atoms with Gasteiger partial charge in [0.05, 0.1) is 6.61 Å². The van der Waals surface area contributed by atoms with Crippen LogP contribution < -0.4 is 0 Å². The summed E-state index contributed by atoms with van der Waals surface area (Å²) >= 11 is 0. The molecule has 2 aromatic carbocycles. The predicted octanol–water partition coefficient (Wildman–Crippen LogP) is 1.92. The molecule has 4 rings (SSSR count). The summed E-state index contributed by atoms with van der Waals surface area (Å²) in [6.07, 6.45) is -0.835. The molecule has 0 bridgehead atoms. The molecule has 2 amide bonds. The van der Waals surface area contributed by atoms with Crippen LogP contribution in [0.1, 0.15) is 16.7 Å². The number of fused-ring (bicyclic) bond motifs is 1. The lowest BCUT2D eigenvalue weighted by molar-refractivity contribution is -0.144. The van der Waals surface area contributed by atoms with Gasteiger partial charge in [-0.05, 0) is 35.2 Å². The number of amides is 2. The fraction of sp³-hybridized carbons (Fsp3) is 0.375. The van der Waals surface area contributed by atoms with Gasteiger partial charge in [0.1, 0.15) is 18.4 Å². The first kappa shape index (κ1) is 21.8. The highest BCUT2D eigenvalue weighted by Gasteiger charge is 2.37. The summed E-state index contributed by atoms with van der Waals surface area (Å²) in [4.78, 5) is 41.2. The van der Waals surface area contributed by atoms with E-state index in [1.807, 2.05) is 24.3 Å². The van der Waals surface area contributed by atoms with Gasteiger partial charge in [-0.25, -0.2) is 4.79 Å². The maximum atomic E-state index is 13.2. The van der Waals surface area contributed by atoms with Gasteiger partial charge >= 0.3 is 6.09 Å². The zero-order valence-corrected chi connectivity index (χ0v) is 17.9. The van der Waals surface area contributed by atoms with Crippen molar-refractivity contribution in [1.82, 2.24) is 9.80 Å². The Kier molecular flexibility index (Phi) is 6.41. The zero-order valence-electron chi connectivity index (χ0n) is 17.9. The molecular formula is C24H26N2O6. The number of hydrogen-bond donors (Lipinski definition) is 1. The number of rotatable bonds is 5. The topological polar surface area (TPSA) is 96.4 Å². The van der Waals surface area contributed by atoms with Crippen molar-refractivity contribution in [1.29, 1.82) is 0 Å². The number of likely N-dealkylation sites (N-methyl/N-ethyl adjacent to an activating group) is 1. The van der Waals surface area contributed by atoms with Crippen LogP contribution in [0, 0.1) is 0 Å². The van der Waals surface area contributed by atoms with E-state index < -0.39 is 24.1 Å². The van der Waals surface area contributed by atoms with Gasteiger partial charge in [0.2, 0.25) is 0 Å². The van der Waals surface area contributed by atoms with Crippen LogP contribution in [0.5, 0.6) is 5.75 Å². The third kappa shape index (κ3) is 4.75. The van der Waals surface area contributed by atoms with Crippen molar-refractivity contribution in [2.75, 3.05) is 26.8 Å². The molecule has 0 saturated carbocycles. The van der Waals surface area contributed by atoms with E-state index in [1.165, 1.54) is 29.6 Å². The first-order valence-electron chi connectivity index (χ1n) is 10.6. The Morgan fingerprint density at radius 3 is 2.59 bits per heavy atom. The molecule has 0 radical (unpaired) electrons. The monoisotopic (exact) mass is 438 g/mol. The van der Waals surface area contributed by atoms with Crippen LogP contribution in [0.25, 0.3) is 0 Å². The van der Waals surface area contributed by atoms with Gasteiger partial charge in [0.25, 0.3) is 5.91 Å². The molecule has 2 aliphatic heterocycles. The Labute approximate surface area is 186 Å². The SMILES string of the molecule is CN(C(=O)C(Cc1ccc(O)cc1)OC(=O)N1CCc2ccccc2C1)C1COCC1=O. The van der Waals surface area contributed by atoms with Crippen LogP contribution in [0.2, 0.25) is 0 Å². The van der Waals surface area contributed by atoms with Crippen molar-refractivity contribution in [2.24, 2.45) is 0 Å². The number of carbonyl (C=O) groups is 3. The molecule has 32 heavy (non-hydrogen) atoms. The minimum absolute atomic E-state index is 0.0299. The lowest BCUT2D eigenvalue weighted by Crippen LogP contribution is -2.49. The second-order valence-corrected chi connectivity index (χ2v) is 8.13. The van der Waals surface area contributed by atoms with Crippen LogP contribution in [-0.4, -0.2) is 71.6 Å². The number of Topliss-reactive ketones (excluding diaryl/α,β-unsaturated/α-hetero) is 1. The molecule has 2 heterocycles. The predicted molar refractivity (Wildman–Crippen MR) is 115 cm³/mol. The molecule has 0 aromatic heterocycles. The lowest BCUT2D eigenvalue weighted by Gasteiger charge is -2.31. The van der Waals surface area contributed by atoms with E-state index >= 15 is 0 Å². The summed E-state index contributed by atoms with van der Waals surface area (Å²) < 4.78 is 10.9. The molecule has 1 saturated heterocycles. The summed E-state index contributed by atoms with van der Waals surface area (Å²) in [5.41, 5.74) is 2.98. The molecule has 8 nitrogen and oxygen atoms in total. The Morgan fingerprint density at radius 1 is 1.19 bits per heavy atom. The Balaban J connectivity index is 1.50. The van der Waals surface area contributed by atoms with Crippen molar-refractivity contribution in [3.8, 4) is 5.75 Å². The van der Waals surface area contributed by atoms with Crippen LogP contribution in [-0.2, 0) is 38.4 Å². The molecule has 8 heteroatoms. The minimum Gasteiger partial charge on any atom is -0.508 e. The average molecular weight is 438 g/mol. The molecule has 0 aliphatic carbocycles. The second kappa shape index (κ2) is 9.40. The maximum Gasteiger partial charge on any atom is 0.410 e. The summed E-state index contributed by atoms with van der Waals surface area (Å²) in [6.45, 7) is 1.02. The normalized spacial score (nSPS) is 18.7. The number of phenolic OH excluding ortho intramolecular Hbond substituents is 1. The molecule has 0 spiro atoms. The smallest absolute Gasteiger partial charge is 0.410 e. The summed E-state index contributed by atoms with van der Waals surface area (Å²) in [7, 11) is 1.52. The average Bonchev–Trinajstić information content (AvgIpc) is 3.24. The van der Waals surface area contributed by atoms with Crippen LogP contribution in [0.3, 0.4) is 0 Å². The molecule has 168 valence electrons. The summed E-state index contributed by atoms with van der Waals surface area (Å²) in [6, 6.07) is 13.6. The largest absolute Gasteiger partial charge is 0.508 e. The third-order valence-corrected chi connectivity index (χ3v) is 5.97. The second-order valence-electron chi connectivity index (χ2n) is 8.13. The molecule has 1 fully saturated rings. The third-order valence-electron chi connectivity index (χ3n) is 5.97. The fourth-order valence-electron chi connectivity index (χ4n) is 4.04. The van der Waals surface area contributed by atoms with E-state index in [-0.39, 0.29) is 31.2 Å². The van der Waals surface area contributed by atoms with E-state index in [4.69, 9.17) is 9.47 Å². The number of ether oxygens (including phenoxy) is 2. The van der Waals surface area contributed by atoms with Gasteiger partial charge in [-0.1, -0.05) is 36.4 Å². The molecular weight excluding hydrogens is 412 g/mol. The van der Waals surface area contributed by atoms with Gasteiger partial charge < -0.3 is 24.4 Å². The van der Waals surface area contributed by atoms with Crippen molar-refractivity contribution in [3.63, 3.8) is 0 Å². The van der Waals surface area contributed by atoms with Crippen molar-refractivity contribution in [3.05, 3.63) is 65.2 Å². The highest BCUT2D eigenvalue weighted by atomic mass is 16.6. The molecule has 2 unspecified atom stereocenters. The Hall–Kier alpha value is -3.39. The summed E-state index contributed by atoms with van der Waals surface area (Å²) in [5, 5.41) is 9.54. The van der Waals surface area contributed by atoms with Crippen LogP contribution in [0.15, 0.2) is 48.5 Å². The highest BCUT2D eigenvalue weighted by Crippen LogP contribution is 2.21. The summed E-state index contributed by atoms with van der Waals surface area (Å²) in [5.74, 6) is -0.540. The molecule has 2 atom stereocenters. The molecule has 2 aromatic rings. The standard InChI is InChI=1S/C24H26N2O6/c1-25(20-14-31-15-21(20)28)23(29)22(12-16-6-8-19(27)9-7-16)32-24(30)26-11-10-17-4-2-3-5-18(17)13-26/h2-9,20,22,27H,10-15H2,1H3. The van der Waals surface area contributed by atoms with Gasteiger partial charge in [0, 0.05) is 26.6 Å². The van der Waals surface area contributed by atoms with Crippen molar-refractivity contribution in [2.45, 2.75) is 31.5 Å². The first-order valence-corrected chi connectivity index (χ1v) is 10.6.